The summed E-state index contributed by atoms with van der Waals surface area (Å²) in [5, 5.41) is 3.30. The van der Waals surface area contributed by atoms with Crippen LogP contribution in [0, 0.1) is 5.92 Å². The van der Waals surface area contributed by atoms with Crippen LogP contribution in [0.15, 0.2) is 0 Å². The third kappa shape index (κ3) is 3.69. The van der Waals surface area contributed by atoms with Crippen molar-refractivity contribution >= 4 is 5.91 Å². The number of rotatable bonds is 4. The van der Waals surface area contributed by atoms with Gasteiger partial charge in [0.2, 0.25) is 5.91 Å². The molecule has 0 unspecified atom stereocenters. The molecule has 2 aliphatic heterocycles. The molecule has 1 amide bonds. The first-order valence-corrected chi connectivity index (χ1v) is 7.41. The van der Waals surface area contributed by atoms with E-state index in [1.165, 1.54) is 13.0 Å². The van der Waals surface area contributed by atoms with E-state index >= 15 is 0 Å². The first kappa shape index (κ1) is 13.8. The molecular weight excluding hydrogens is 226 g/mol. The normalized spacial score (nSPS) is 25.9. The molecule has 0 saturated carbocycles. The van der Waals surface area contributed by atoms with Gasteiger partial charge in [-0.15, -0.1) is 0 Å². The van der Waals surface area contributed by atoms with Gasteiger partial charge in [-0.2, -0.15) is 0 Å². The van der Waals surface area contributed by atoms with Crippen LogP contribution in [-0.2, 0) is 4.79 Å². The van der Waals surface area contributed by atoms with E-state index < -0.39 is 0 Å². The molecule has 0 aromatic heterocycles. The van der Waals surface area contributed by atoms with Crippen molar-refractivity contribution in [3.8, 4) is 0 Å². The van der Waals surface area contributed by atoms with E-state index in [0.29, 0.717) is 5.91 Å². The number of piperazine rings is 1. The summed E-state index contributed by atoms with van der Waals surface area (Å²) in [6, 6.07) is 0.104. The van der Waals surface area contributed by atoms with Gasteiger partial charge in [-0.05, 0) is 38.3 Å². The predicted octanol–water partition coefficient (Wildman–Crippen LogP) is 0.929. The summed E-state index contributed by atoms with van der Waals surface area (Å²) in [5.41, 5.74) is 0. The summed E-state index contributed by atoms with van der Waals surface area (Å²) in [5.74, 6) is 1.10. The van der Waals surface area contributed by atoms with Gasteiger partial charge in [0.1, 0.15) is 0 Å². The molecular formula is C14H27N3O. The Morgan fingerprint density at radius 3 is 2.56 bits per heavy atom. The molecule has 4 heteroatoms. The van der Waals surface area contributed by atoms with Gasteiger partial charge in [0.25, 0.3) is 0 Å². The Morgan fingerprint density at radius 1 is 1.28 bits per heavy atom. The first-order chi connectivity index (χ1) is 8.66. The van der Waals surface area contributed by atoms with Crippen molar-refractivity contribution in [2.24, 2.45) is 5.92 Å². The summed E-state index contributed by atoms with van der Waals surface area (Å²) in [4.78, 5) is 16.8. The lowest BCUT2D eigenvalue weighted by molar-refractivity contribution is -0.134. The van der Waals surface area contributed by atoms with Gasteiger partial charge >= 0.3 is 0 Å². The summed E-state index contributed by atoms with van der Waals surface area (Å²) in [7, 11) is 0. The highest BCUT2D eigenvalue weighted by Crippen LogP contribution is 2.12. The molecule has 1 atom stereocenters. The van der Waals surface area contributed by atoms with Crippen molar-refractivity contribution < 1.29 is 4.79 Å². The first-order valence-electron chi connectivity index (χ1n) is 7.41. The molecule has 18 heavy (non-hydrogen) atoms. The molecule has 0 radical (unpaired) electrons. The van der Waals surface area contributed by atoms with E-state index in [1.54, 1.807) is 0 Å². The van der Waals surface area contributed by atoms with Gasteiger partial charge in [0.15, 0.2) is 0 Å². The molecule has 4 nitrogen and oxygen atoms in total. The molecule has 1 N–H and O–H groups in total. The smallest absolute Gasteiger partial charge is 0.239 e. The number of amides is 1. The van der Waals surface area contributed by atoms with Crippen molar-refractivity contribution in [3.63, 3.8) is 0 Å². The Kier molecular flexibility index (Phi) is 5.01. The van der Waals surface area contributed by atoms with Gasteiger partial charge < -0.3 is 10.2 Å². The Bertz CT molecular complexity index is 266. The Labute approximate surface area is 111 Å². The highest BCUT2D eigenvalue weighted by Gasteiger charge is 2.28. The molecule has 0 aromatic rings. The average Bonchev–Trinajstić information content (AvgIpc) is 2.90. The number of carbonyl (C=O) groups is 1. The fraction of sp³-hybridized carbons (Fsp3) is 0.929. The van der Waals surface area contributed by atoms with Crippen LogP contribution in [-0.4, -0.2) is 61.0 Å². The summed E-state index contributed by atoms with van der Waals surface area (Å²) in [6.45, 7) is 10.6. The number of nitrogens with zero attached hydrogens (tertiary/aromatic N) is 2. The second-order valence-electron chi connectivity index (χ2n) is 6.00. The predicted molar refractivity (Wildman–Crippen MR) is 73.5 cm³/mol. The Balaban J connectivity index is 1.70. The SMILES string of the molecule is CC(C)CCN1CCN(C(=O)[C@@H]2CCCN2)CC1. The zero-order chi connectivity index (χ0) is 13.0. The molecule has 104 valence electrons. The molecule has 0 aromatic carbocycles. The summed E-state index contributed by atoms with van der Waals surface area (Å²) in [6.07, 6.45) is 3.43. The fourth-order valence-corrected chi connectivity index (χ4v) is 2.75. The summed E-state index contributed by atoms with van der Waals surface area (Å²) < 4.78 is 0. The van der Waals surface area contributed by atoms with Crippen LogP contribution in [0.1, 0.15) is 33.1 Å². The molecule has 0 bridgehead atoms. The standard InChI is InChI=1S/C14H27N3O/c1-12(2)5-7-16-8-10-17(11-9-16)14(18)13-4-3-6-15-13/h12-13,15H,3-11H2,1-2H3/t13-/m0/s1. The maximum absolute atomic E-state index is 12.2. The van der Waals surface area contributed by atoms with E-state index in [1.807, 2.05) is 0 Å². The molecule has 2 rings (SSSR count). The topological polar surface area (TPSA) is 35.6 Å². The molecule has 0 aliphatic carbocycles. The second-order valence-corrected chi connectivity index (χ2v) is 6.00. The van der Waals surface area contributed by atoms with Gasteiger partial charge in [-0.25, -0.2) is 0 Å². The molecule has 2 fully saturated rings. The Hall–Kier alpha value is -0.610. The zero-order valence-electron chi connectivity index (χ0n) is 11.8. The van der Waals surface area contributed by atoms with E-state index in [9.17, 15) is 4.79 Å². The van der Waals surface area contributed by atoms with Gasteiger partial charge in [0.05, 0.1) is 6.04 Å². The van der Waals surface area contributed by atoms with Crippen molar-refractivity contribution in [2.75, 3.05) is 39.3 Å². The van der Waals surface area contributed by atoms with Gasteiger partial charge in [0, 0.05) is 26.2 Å². The quantitative estimate of drug-likeness (QED) is 0.809. The summed E-state index contributed by atoms with van der Waals surface area (Å²) >= 11 is 0. The number of nitrogens with one attached hydrogen (secondary N) is 1. The van der Waals surface area contributed by atoms with E-state index in [-0.39, 0.29) is 6.04 Å². The van der Waals surface area contributed by atoms with Crippen molar-refractivity contribution in [3.05, 3.63) is 0 Å². The van der Waals surface area contributed by atoms with Crippen LogP contribution in [0.2, 0.25) is 0 Å². The van der Waals surface area contributed by atoms with Crippen LogP contribution in [0.4, 0.5) is 0 Å². The van der Waals surface area contributed by atoms with Gasteiger partial charge in [-0.1, -0.05) is 13.8 Å². The minimum absolute atomic E-state index is 0.104. The van der Waals surface area contributed by atoms with Crippen molar-refractivity contribution in [1.82, 2.24) is 15.1 Å². The van der Waals surface area contributed by atoms with E-state index in [4.69, 9.17) is 0 Å². The average molecular weight is 253 g/mol. The lowest BCUT2D eigenvalue weighted by atomic mass is 10.1. The third-order valence-corrected chi connectivity index (χ3v) is 4.07. The molecule has 2 aliphatic rings. The van der Waals surface area contributed by atoms with E-state index in [2.05, 4.69) is 29.0 Å². The lowest BCUT2D eigenvalue weighted by Gasteiger charge is -2.36. The zero-order valence-corrected chi connectivity index (χ0v) is 11.8. The van der Waals surface area contributed by atoms with Crippen LogP contribution in [0.5, 0.6) is 0 Å². The highest BCUT2D eigenvalue weighted by molar-refractivity contribution is 5.82. The largest absolute Gasteiger partial charge is 0.339 e. The number of hydrogen-bond acceptors (Lipinski definition) is 3. The van der Waals surface area contributed by atoms with Crippen LogP contribution < -0.4 is 5.32 Å². The van der Waals surface area contributed by atoms with Crippen molar-refractivity contribution in [1.29, 1.82) is 0 Å². The molecule has 2 saturated heterocycles. The number of carbonyl (C=O) groups excluding carboxylic acids is 1. The monoisotopic (exact) mass is 253 g/mol. The van der Waals surface area contributed by atoms with E-state index in [0.717, 1.165) is 51.5 Å². The number of hydrogen-bond donors (Lipinski definition) is 1. The maximum atomic E-state index is 12.2. The Morgan fingerprint density at radius 2 is 2.00 bits per heavy atom. The minimum atomic E-state index is 0.104. The fourth-order valence-electron chi connectivity index (χ4n) is 2.75. The minimum Gasteiger partial charge on any atom is -0.339 e. The van der Waals surface area contributed by atoms with Crippen LogP contribution in [0.25, 0.3) is 0 Å². The molecule has 0 spiro atoms. The molecule has 2 heterocycles. The third-order valence-electron chi connectivity index (χ3n) is 4.07. The van der Waals surface area contributed by atoms with Crippen molar-refractivity contribution in [2.45, 2.75) is 39.2 Å². The second kappa shape index (κ2) is 6.53. The van der Waals surface area contributed by atoms with Crippen LogP contribution >= 0.6 is 0 Å². The van der Waals surface area contributed by atoms with Crippen LogP contribution in [0.3, 0.4) is 0 Å². The maximum Gasteiger partial charge on any atom is 0.239 e. The lowest BCUT2D eigenvalue weighted by Crippen LogP contribution is -2.53. The highest BCUT2D eigenvalue weighted by atomic mass is 16.2. The van der Waals surface area contributed by atoms with Gasteiger partial charge in [-0.3, -0.25) is 9.69 Å².